The Morgan fingerprint density at radius 1 is 1.33 bits per heavy atom. The maximum atomic E-state index is 11.8. The molecule has 0 saturated carbocycles. The number of rotatable bonds is 6. The predicted octanol–water partition coefficient (Wildman–Crippen LogP) is 1.88. The van der Waals surface area contributed by atoms with Gasteiger partial charge in [-0.15, -0.1) is 0 Å². The van der Waals surface area contributed by atoms with Crippen molar-refractivity contribution in [3.05, 3.63) is 28.8 Å². The van der Waals surface area contributed by atoms with Gasteiger partial charge < -0.3 is 10.2 Å². The third-order valence-electron chi connectivity index (χ3n) is 3.49. The van der Waals surface area contributed by atoms with Gasteiger partial charge in [0.2, 0.25) is 0 Å². The quantitative estimate of drug-likeness (QED) is 0.795. The van der Waals surface area contributed by atoms with Crippen molar-refractivity contribution >= 4 is 33.2 Å². The van der Waals surface area contributed by atoms with Crippen molar-refractivity contribution in [3.63, 3.8) is 0 Å². The van der Waals surface area contributed by atoms with Crippen LogP contribution >= 0.6 is 23.4 Å². The summed E-state index contributed by atoms with van der Waals surface area (Å²) in [6.45, 7) is 4.56. The van der Waals surface area contributed by atoms with Gasteiger partial charge in [-0.05, 0) is 12.1 Å². The van der Waals surface area contributed by atoms with E-state index in [1.807, 2.05) is 11.8 Å². The summed E-state index contributed by atoms with van der Waals surface area (Å²) >= 11 is 8.14. The zero-order valence-corrected chi connectivity index (χ0v) is 14.5. The van der Waals surface area contributed by atoms with Crippen LogP contribution in [0.5, 0.6) is 0 Å². The Morgan fingerprint density at radius 2 is 2.05 bits per heavy atom. The number of nitrogens with one attached hydrogen (secondary N) is 1. The first kappa shape index (κ1) is 17.1. The number of nitrogens with zero attached hydrogens (tertiary/aromatic N) is 1. The molecule has 0 aromatic heterocycles. The molecule has 7 heteroatoms. The fourth-order valence-corrected chi connectivity index (χ4v) is 4.56. The van der Waals surface area contributed by atoms with Crippen LogP contribution in [0, 0.1) is 0 Å². The molecule has 0 atom stereocenters. The largest absolute Gasteiger partial charge is 0.311 e. The number of thioether (sulfide) groups is 1. The lowest BCUT2D eigenvalue weighted by Gasteiger charge is -2.26. The predicted molar refractivity (Wildman–Crippen MR) is 90.0 cm³/mol. The van der Waals surface area contributed by atoms with E-state index in [-0.39, 0.29) is 0 Å². The van der Waals surface area contributed by atoms with Crippen molar-refractivity contribution in [2.24, 2.45) is 0 Å². The molecule has 1 aliphatic heterocycles. The molecular weight excluding hydrogens is 328 g/mol. The Balaban J connectivity index is 1.91. The summed E-state index contributed by atoms with van der Waals surface area (Å²) in [6.07, 6.45) is 1.22. The van der Waals surface area contributed by atoms with Crippen LogP contribution in [0.25, 0.3) is 0 Å². The van der Waals surface area contributed by atoms with Gasteiger partial charge in [0.1, 0.15) is 0 Å². The van der Waals surface area contributed by atoms with Gasteiger partial charge in [-0.25, -0.2) is 8.42 Å². The molecule has 0 amide bonds. The van der Waals surface area contributed by atoms with Gasteiger partial charge in [-0.1, -0.05) is 17.7 Å². The van der Waals surface area contributed by atoms with Crippen LogP contribution in [0.3, 0.4) is 0 Å². The second-order valence-corrected chi connectivity index (χ2v) is 8.74. The second-order valence-electron chi connectivity index (χ2n) is 5.12. The minimum atomic E-state index is -3.25. The fourth-order valence-electron chi connectivity index (χ4n) is 2.33. The zero-order valence-electron chi connectivity index (χ0n) is 12.1. The normalized spacial score (nSPS) is 17.0. The molecule has 2 rings (SSSR count). The smallest absolute Gasteiger partial charge is 0.175 e. The van der Waals surface area contributed by atoms with Gasteiger partial charge >= 0.3 is 0 Å². The minimum absolute atomic E-state index is 0.317. The second kappa shape index (κ2) is 7.83. The molecule has 21 heavy (non-hydrogen) atoms. The van der Waals surface area contributed by atoms with Crippen molar-refractivity contribution in [2.45, 2.75) is 11.4 Å². The molecule has 0 bridgehead atoms. The lowest BCUT2D eigenvalue weighted by molar-refractivity contribution is 0.301. The number of hydrogen-bond acceptors (Lipinski definition) is 5. The van der Waals surface area contributed by atoms with Crippen molar-refractivity contribution in [2.75, 3.05) is 43.9 Å². The van der Waals surface area contributed by atoms with E-state index in [0.29, 0.717) is 22.0 Å². The number of benzene rings is 1. The summed E-state index contributed by atoms with van der Waals surface area (Å²) < 4.78 is 23.6. The third-order valence-corrected chi connectivity index (χ3v) is 5.96. The first-order chi connectivity index (χ1) is 9.98. The standard InChI is InChI=1S/C14H21ClN2O2S2/c1-21(18,19)14-4-2-3-13(15)12(14)11-16-5-6-17-7-9-20-10-8-17/h2-4,16H,5-11H2,1H3. The summed E-state index contributed by atoms with van der Waals surface area (Å²) in [5.41, 5.74) is 0.663. The molecule has 1 aromatic rings. The highest BCUT2D eigenvalue weighted by Crippen LogP contribution is 2.23. The van der Waals surface area contributed by atoms with Crippen LogP contribution in [0.4, 0.5) is 0 Å². The maximum absolute atomic E-state index is 11.8. The molecule has 4 nitrogen and oxygen atoms in total. The molecule has 1 fully saturated rings. The average Bonchev–Trinajstić information content (AvgIpc) is 2.45. The first-order valence-electron chi connectivity index (χ1n) is 6.97. The van der Waals surface area contributed by atoms with Crippen molar-refractivity contribution < 1.29 is 8.42 Å². The Labute approximate surface area is 136 Å². The summed E-state index contributed by atoms with van der Waals surface area (Å²) in [5, 5.41) is 3.80. The van der Waals surface area contributed by atoms with Gasteiger partial charge in [0.25, 0.3) is 0 Å². The van der Waals surface area contributed by atoms with Gasteiger partial charge in [0.15, 0.2) is 9.84 Å². The maximum Gasteiger partial charge on any atom is 0.175 e. The van der Waals surface area contributed by atoms with Crippen molar-refractivity contribution in [1.29, 1.82) is 0 Å². The van der Waals surface area contributed by atoms with Crippen LogP contribution in [-0.2, 0) is 16.4 Å². The van der Waals surface area contributed by atoms with E-state index in [2.05, 4.69) is 10.2 Å². The van der Waals surface area contributed by atoms with Crippen LogP contribution in [0.1, 0.15) is 5.56 Å². The molecule has 0 unspecified atom stereocenters. The van der Waals surface area contributed by atoms with E-state index in [1.54, 1.807) is 18.2 Å². The first-order valence-corrected chi connectivity index (χ1v) is 10.4. The Morgan fingerprint density at radius 3 is 2.71 bits per heavy atom. The van der Waals surface area contributed by atoms with Crippen LogP contribution in [0.2, 0.25) is 5.02 Å². The average molecular weight is 349 g/mol. The molecule has 1 N–H and O–H groups in total. The monoisotopic (exact) mass is 348 g/mol. The number of sulfone groups is 1. The lowest BCUT2D eigenvalue weighted by Crippen LogP contribution is -2.37. The van der Waals surface area contributed by atoms with Gasteiger partial charge in [-0.3, -0.25) is 0 Å². The van der Waals surface area contributed by atoms with Crippen molar-refractivity contribution in [3.8, 4) is 0 Å². The van der Waals surface area contributed by atoms with Crippen LogP contribution in [0.15, 0.2) is 23.1 Å². The minimum Gasteiger partial charge on any atom is -0.311 e. The van der Waals surface area contributed by atoms with Gasteiger partial charge in [0.05, 0.1) is 4.90 Å². The molecule has 0 spiro atoms. The van der Waals surface area contributed by atoms with E-state index in [4.69, 9.17) is 11.6 Å². The van der Waals surface area contributed by atoms with E-state index in [0.717, 1.165) is 26.2 Å². The number of halogens is 1. The molecule has 0 aliphatic carbocycles. The SMILES string of the molecule is CS(=O)(=O)c1cccc(Cl)c1CNCCN1CCSCC1. The summed E-state index contributed by atoms with van der Waals surface area (Å²) in [4.78, 5) is 2.74. The van der Waals surface area contributed by atoms with Crippen LogP contribution in [-0.4, -0.2) is 57.3 Å². The number of hydrogen-bond donors (Lipinski definition) is 1. The molecule has 0 radical (unpaired) electrons. The topological polar surface area (TPSA) is 49.4 Å². The van der Waals surface area contributed by atoms with E-state index < -0.39 is 9.84 Å². The Kier molecular flexibility index (Phi) is 6.37. The van der Waals surface area contributed by atoms with E-state index in [1.165, 1.54) is 17.8 Å². The lowest BCUT2D eigenvalue weighted by atomic mass is 10.2. The molecule has 1 saturated heterocycles. The Bertz CT molecular complexity index is 572. The van der Waals surface area contributed by atoms with Gasteiger partial charge in [-0.2, -0.15) is 11.8 Å². The van der Waals surface area contributed by atoms with Gasteiger partial charge in [0, 0.05) is 61.1 Å². The highest BCUT2D eigenvalue weighted by molar-refractivity contribution is 7.99. The molecule has 1 heterocycles. The third kappa shape index (κ3) is 5.14. The van der Waals surface area contributed by atoms with Crippen molar-refractivity contribution in [1.82, 2.24) is 10.2 Å². The Hall–Kier alpha value is -0.270. The summed E-state index contributed by atoms with van der Waals surface area (Å²) in [5.74, 6) is 2.39. The molecule has 118 valence electrons. The highest BCUT2D eigenvalue weighted by Gasteiger charge is 2.15. The summed E-state index contributed by atoms with van der Waals surface area (Å²) in [6, 6.07) is 5.02. The summed E-state index contributed by atoms with van der Waals surface area (Å²) in [7, 11) is -3.25. The van der Waals surface area contributed by atoms with Crippen LogP contribution < -0.4 is 5.32 Å². The fraction of sp³-hybridized carbons (Fsp3) is 0.571. The van der Waals surface area contributed by atoms with E-state index >= 15 is 0 Å². The van der Waals surface area contributed by atoms with E-state index in [9.17, 15) is 8.42 Å². The molecule has 1 aromatic carbocycles. The molecular formula is C14H21ClN2O2S2. The highest BCUT2D eigenvalue weighted by atomic mass is 35.5. The zero-order chi connectivity index (χ0) is 15.3. The molecule has 1 aliphatic rings.